The van der Waals surface area contributed by atoms with Crippen molar-refractivity contribution in [3.05, 3.63) is 70.3 Å². The zero-order valence-electron chi connectivity index (χ0n) is 16.2. The lowest BCUT2D eigenvalue weighted by molar-refractivity contribution is -0.0752. The van der Waals surface area contributed by atoms with Crippen LogP contribution in [0.15, 0.2) is 42.5 Å². The first-order valence-electron chi connectivity index (χ1n) is 9.72. The molecule has 1 fully saturated rings. The minimum atomic E-state index is -0.816. The normalized spacial score (nSPS) is 27.1. The molecule has 142 valence electrons. The number of aryl methyl sites for hydroxylation is 1. The number of rotatable bonds is 3. The first-order valence-corrected chi connectivity index (χ1v) is 9.72. The van der Waals surface area contributed by atoms with Gasteiger partial charge in [-0.1, -0.05) is 42.8 Å². The van der Waals surface area contributed by atoms with Crippen LogP contribution in [0, 0.1) is 12.8 Å². The van der Waals surface area contributed by atoms with Crippen LogP contribution in [0.2, 0.25) is 0 Å². The summed E-state index contributed by atoms with van der Waals surface area (Å²) in [5, 5.41) is 11.8. The monoisotopic (exact) mass is 365 g/mol. The van der Waals surface area contributed by atoms with Gasteiger partial charge in [0.1, 0.15) is 5.60 Å². The van der Waals surface area contributed by atoms with Gasteiger partial charge in [0.05, 0.1) is 12.7 Å². The number of likely N-dealkylation sites (tertiary alicyclic amines) is 1. The molecular formula is C23H27NO3. The van der Waals surface area contributed by atoms with Gasteiger partial charge in [0.15, 0.2) is 0 Å². The van der Waals surface area contributed by atoms with E-state index >= 15 is 0 Å². The van der Waals surface area contributed by atoms with E-state index in [-0.39, 0.29) is 17.8 Å². The lowest BCUT2D eigenvalue weighted by atomic mass is 9.75. The second-order valence-corrected chi connectivity index (χ2v) is 7.87. The van der Waals surface area contributed by atoms with Crippen LogP contribution >= 0.6 is 0 Å². The fourth-order valence-electron chi connectivity index (χ4n) is 5.00. The van der Waals surface area contributed by atoms with E-state index < -0.39 is 5.60 Å². The Morgan fingerprint density at radius 3 is 2.67 bits per heavy atom. The molecule has 1 saturated heterocycles. The van der Waals surface area contributed by atoms with E-state index in [1.54, 1.807) is 0 Å². The van der Waals surface area contributed by atoms with Gasteiger partial charge in [-0.05, 0) is 55.3 Å². The van der Waals surface area contributed by atoms with Crippen LogP contribution < -0.4 is 0 Å². The van der Waals surface area contributed by atoms with Crippen molar-refractivity contribution in [3.8, 4) is 0 Å². The molecule has 0 bridgehead atoms. The predicted octanol–water partition coefficient (Wildman–Crippen LogP) is 3.46. The van der Waals surface area contributed by atoms with Gasteiger partial charge in [0, 0.05) is 18.4 Å². The molecule has 1 heterocycles. The summed E-state index contributed by atoms with van der Waals surface area (Å²) < 4.78 is 4.82. The molecule has 3 unspecified atom stereocenters. The highest BCUT2D eigenvalue weighted by atomic mass is 16.5. The van der Waals surface area contributed by atoms with Crippen molar-refractivity contribution in [1.29, 1.82) is 0 Å². The lowest BCUT2D eigenvalue weighted by Crippen LogP contribution is -2.50. The second kappa shape index (κ2) is 6.77. The molecule has 2 aliphatic rings. The highest BCUT2D eigenvalue weighted by Crippen LogP contribution is 2.55. The number of carbonyl (C=O) groups excluding carboxylic acids is 1. The fraction of sp³-hybridized carbons (Fsp3) is 0.435. The zero-order chi connectivity index (χ0) is 19.2. The number of benzene rings is 2. The second-order valence-electron chi connectivity index (χ2n) is 7.87. The molecule has 4 rings (SSSR count). The van der Waals surface area contributed by atoms with Crippen molar-refractivity contribution in [3.63, 3.8) is 0 Å². The third-order valence-corrected chi connectivity index (χ3v) is 6.38. The van der Waals surface area contributed by atoms with Crippen molar-refractivity contribution < 1.29 is 14.6 Å². The molecule has 3 atom stereocenters. The smallest absolute Gasteiger partial charge is 0.337 e. The van der Waals surface area contributed by atoms with Crippen LogP contribution in [-0.4, -0.2) is 42.7 Å². The summed E-state index contributed by atoms with van der Waals surface area (Å²) in [6.45, 7) is 6.89. The van der Waals surface area contributed by atoms with Crippen molar-refractivity contribution in [2.24, 2.45) is 5.92 Å². The van der Waals surface area contributed by atoms with E-state index in [0.29, 0.717) is 12.1 Å². The van der Waals surface area contributed by atoms with Gasteiger partial charge < -0.3 is 14.7 Å². The molecule has 4 heteroatoms. The first-order chi connectivity index (χ1) is 13.0. The number of methoxy groups -OCH3 is 1. The maximum Gasteiger partial charge on any atom is 0.337 e. The molecule has 0 radical (unpaired) electrons. The Morgan fingerprint density at radius 1 is 1.26 bits per heavy atom. The van der Waals surface area contributed by atoms with Crippen molar-refractivity contribution >= 4 is 5.97 Å². The average Bonchev–Trinajstić information content (AvgIpc) is 2.94. The number of esters is 1. The number of aliphatic hydroxyl groups is 1. The maximum atomic E-state index is 11.8. The van der Waals surface area contributed by atoms with Crippen LogP contribution in [0.1, 0.15) is 51.9 Å². The van der Waals surface area contributed by atoms with E-state index in [0.717, 1.165) is 30.6 Å². The number of likely N-dealkylation sites (N-methyl/N-ethyl adjacent to an activating group) is 1. The number of hydrogen-bond acceptors (Lipinski definition) is 4. The summed E-state index contributed by atoms with van der Waals surface area (Å²) >= 11 is 0. The van der Waals surface area contributed by atoms with Gasteiger partial charge in [-0.2, -0.15) is 0 Å². The Morgan fingerprint density at radius 2 is 2.00 bits per heavy atom. The Hall–Kier alpha value is -2.17. The maximum absolute atomic E-state index is 11.8. The summed E-state index contributed by atoms with van der Waals surface area (Å²) in [6, 6.07) is 14.1. The molecule has 1 aliphatic heterocycles. The quantitative estimate of drug-likeness (QED) is 0.847. The third-order valence-electron chi connectivity index (χ3n) is 6.38. The Labute approximate surface area is 160 Å². The molecule has 0 saturated carbocycles. The van der Waals surface area contributed by atoms with Gasteiger partial charge in [-0.15, -0.1) is 0 Å². The minimum absolute atomic E-state index is 0.149. The van der Waals surface area contributed by atoms with E-state index in [2.05, 4.69) is 36.9 Å². The third kappa shape index (κ3) is 2.88. The Kier molecular flexibility index (Phi) is 4.57. The molecule has 1 aliphatic carbocycles. The number of β-amino-alcohol motifs (C(OH)–C–C–N with tert-alkyl or cyclic N) is 1. The number of ether oxygens (including phenoxy) is 1. The van der Waals surface area contributed by atoms with Crippen LogP contribution in [0.4, 0.5) is 0 Å². The Balaban J connectivity index is 1.79. The molecule has 4 nitrogen and oxygen atoms in total. The number of nitrogens with zero attached hydrogens (tertiary/aromatic N) is 1. The van der Waals surface area contributed by atoms with E-state index in [4.69, 9.17) is 4.74 Å². The van der Waals surface area contributed by atoms with E-state index in [9.17, 15) is 9.90 Å². The van der Waals surface area contributed by atoms with Gasteiger partial charge in [-0.3, -0.25) is 0 Å². The van der Waals surface area contributed by atoms with Crippen molar-refractivity contribution in [2.75, 3.05) is 26.7 Å². The van der Waals surface area contributed by atoms with Crippen molar-refractivity contribution in [2.45, 2.75) is 31.8 Å². The van der Waals surface area contributed by atoms with Gasteiger partial charge >= 0.3 is 5.97 Å². The van der Waals surface area contributed by atoms with Crippen LogP contribution in [-0.2, 0) is 10.3 Å². The number of hydrogen-bond donors (Lipinski definition) is 1. The van der Waals surface area contributed by atoms with Crippen molar-refractivity contribution in [1.82, 2.24) is 4.90 Å². The van der Waals surface area contributed by atoms with Crippen LogP contribution in [0.3, 0.4) is 0 Å². The van der Waals surface area contributed by atoms with Gasteiger partial charge in [-0.25, -0.2) is 4.79 Å². The SMILES string of the molecule is CCN1CCC2C(c3ccc(C(=O)OC)cc3)c3cc(C)ccc3C2(O)C1. The summed E-state index contributed by atoms with van der Waals surface area (Å²) in [4.78, 5) is 14.1. The van der Waals surface area contributed by atoms with E-state index in [1.165, 1.54) is 18.2 Å². The van der Waals surface area contributed by atoms with Crippen LogP contribution in [0.5, 0.6) is 0 Å². The lowest BCUT2D eigenvalue weighted by Gasteiger charge is -2.43. The van der Waals surface area contributed by atoms with Crippen LogP contribution in [0.25, 0.3) is 0 Å². The standard InChI is InChI=1S/C23H27NO3/c1-4-24-12-11-20-21(16-6-8-17(9-7-16)22(25)27-3)18-13-15(2)5-10-19(18)23(20,26)14-24/h5-10,13,20-21,26H,4,11-12,14H2,1-3H3. The number of carbonyl (C=O) groups is 1. The molecule has 2 aromatic carbocycles. The summed E-state index contributed by atoms with van der Waals surface area (Å²) in [7, 11) is 1.40. The molecule has 2 aromatic rings. The average molecular weight is 365 g/mol. The van der Waals surface area contributed by atoms with Gasteiger partial charge in [0.25, 0.3) is 0 Å². The predicted molar refractivity (Wildman–Crippen MR) is 105 cm³/mol. The topological polar surface area (TPSA) is 49.8 Å². The highest BCUT2D eigenvalue weighted by Gasteiger charge is 2.53. The van der Waals surface area contributed by atoms with E-state index in [1.807, 2.05) is 24.3 Å². The zero-order valence-corrected chi connectivity index (χ0v) is 16.2. The Bertz CT molecular complexity index is 860. The molecule has 1 N–H and O–H groups in total. The fourth-order valence-corrected chi connectivity index (χ4v) is 5.00. The first kappa shape index (κ1) is 18.2. The summed E-state index contributed by atoms with van der Waals surface area (Å²) in [6.07, 6.45) is 0.960. The molecule has 0 aromatic heterocycles. The van der Waals surface area contributed by atoms with Gasteiger partial charge in [0.2, 0.25) is 0 Å². The highest BCUT2D eigenvalue weighted by molar-refractivity contribution is 5.89. The number of piperidine rings is 1. The number of fused-ring (bicyclic) bond motifs is 3. The largest absolute Gasteiger partial charge is 0.465 e. The minimum Gasteiger partial charge on any atom is -0.465 e. The summed E-state index contributed by atoms with van der Waals surface area (Å²) in [5.41, 5.74) is 4.40. The molecular weight excluding hydrogens is 338 g/mol. The molecule has 0 amide bonds. The molecule has 27 heavy (non-hydrogen) atoms. The summed E-state index contributed by atoms with van der Waals surface area (Å²) in [5.74, 6) is -0.0198. The molecule has 0 spiro atoms.